The van der Waals surface area contributed by atoms with Gasteiger partial charge < -0.3 is 10.4 Å². The molecule has 0 aromatic heterocycles. The molecule has 0 aliphatic rings. The number of nitrogens with zero attached hydrogens (tertiary/aromatic N) is 1. The zero-order chi connectivity index (χ0) is 10.8. The van der Waals surface area contributed by atoms with Crippen LogP contribution in [0.4, 0.5) is 0 Å². The molecule has 0 heterocycles. The van der Waals surface area contributed by atoms with Crippen molar-refractivity contribution in [3.05, 3.63) is 0 Å². The highest BCUT2D eigenvalue weighted by molar-refractivity contribution is 5.78. The van der Waals surface area contributed by atoms with E-state index in [0.717, 1.165) is 13.1 Å². The van der Waals surface area contributed by atoms with Crippen molar-refractivity contribution in [2.24, 2.45) is 0 Å². The zero-order valence-electron chi connectivity index (χ0n) is 8.62. The molecule has 0 bridgehead atoms. The van der Waals surface area contributed by atoms with Crippen molar-refractivity contribution in [3.8, 4) is 12.3 Å². The van der Waals surface area contributed by atoms with Gasteiger partial charge in [0.05, 0.1) is 13.1 Å². The van der Waals surface area contributed by atoms with Gasteiger partial charge in [-0.2, -0.15) is 0 Å². The van der Waals surface area contributed by atoms with Crippen molar-refractivity contribution in [3.63, 3.8) is 0 Å². The van der Waals surface area contributed by atoms with Gasteiger partial charge in [0.2, 0.25) is 5.91 Å². The Kier molecular flexibility index (Phi) is 7.90. The number of terminal acetylenes is 1. The van der Waals surface area contributed by atoms with Crippen LogP contribution in [0, 0.1) is 12.3 Å². The third kappa shape index (κ3) is 6.46. The summed E-state index contributed by atoms with van der Waals surface area (Å²) in [6.07, 6.45) is 5.70. The molecule has 0 fully saturated rings. The van der Waals surface area contributed by atoms with E-state index in [0.29, 0.717) is 13.0 Å². The predicted octanol–water partition coefficient (Wildman–Crippen LogP) is -0.560. The number of hydrogen-bond donors (Lipinski definition) is 2. The van der Waals surface area contributed by atoms with Crippen molar-refractivity contribution in [2.45, 2.75) is 13.3 Å². The maximum Gasteiger partial charge on any atom is 0.234 e. The summed E-state index contributed by atoms with van der Waals surface area (Å²) in [5.41, 5.74) is 0. The fraction of sp³-hybridized carbons (Fsp3) is 0.700. The third-order valence-corrected chi connectivity index (χ3v) is 1.83. The summed E-state index contributed by atoms with van der Waals surface area (Å²) < 4.78 is 0. The Morgan fingerprint density at radius 2 is 2.36 bits per heavy atom. The minimum atomic E-state index is -0.0669. The lowest BCUT2D eigenvalue weighted by molar-refractivity contribution is -0.122. The summed E-state index contributed by atoms with van der Waals surface area (Å²) in [6.45, 7) is 4.28. The average Bonchev–Trinajstić information content (AvgIpc) is 2.21. The highest BCUT2D eigenvalue weighted by atomic mass is 16.3. The lowest BCUT2D eigenvalue weighted by atomic mass is 10.3. The Labute approximate surface area is 85.3 Å². The average molecular weight is 198 g/mol. The van der Waals surface area contributed by atoms with Crippen LogP contribution in [0.2, 0.25) is 0 Å². The lowest BCUT2D eigenvalue weighted by Crippen LogP contribution is -2.38. The van der Waals surface area contributed by atoms with Crippen molar-refractivity contribution in [1.29, 1.82) is 0 Å². The van der Waals surface area contributed by atoms with Crippen LogP contribution >= 0.6 is 0 Å². The third-order valence-electron chi connectivity index (χ3n) is 1.83. The Morgan fingerprint density at radius 1 is 1.64 bits per heavy atom. The van der Waals surface area contributed by atoms with Gasteiger partial charge >= 0.3 is 0 Å². The molecular formula is C10H18N2O2. The maximum atomic E-state index is 11.2. The minimum absolute atomic E-state index is 0.0669. The summed E-state index contributed by atoms with van der Waals surface area (Å²) in [4.78, 5) is 13.2. The summed E-state index contributed by atoms with van der Waals surface area (Å²) in [5, 5.41) is 11.2. The van der Waals surface area contributed by atoms with Crippen LogP contribution in [0.5, 0.6) is 0 Å². The van der Waals surface area contributed by atoms with E-state index >= 15 is 0 Å². The second kappa shape index (κ2) is 8.54. The fourth-order valence-corrected chi connectivity index (χ4v) is 1.05. The van der Waals surface area contributed by atoms with Gasteiger partial charge in [0.1, 0.15) is 0 Å². The second-order valence-electron chi connectivity index (χ2n) is 2.93. The summed E-state index contributed by atoms with van der Waals surface area (Å²) >= 11 is 0. The van der Waals surface area contributed by atoms with E-state index in [1.807, 2.05) is 11.8 Å². The highest BCUT2D eigenvalue weighted by Crippen LogP contribution is 1.90. The second-order valence-corrected chi connectivity index (χ2v) is 2.93. The summed E-state index contributed by atoms with van der Waals surface area (Å²) in [5.74, 6) is 2.28. The van der Waals surface area contributed by atoms with Crippen LogP contribution in [-0.4, -0.2) is 48.7 Å². The van der Waals surface area contributed by atoms with Gasteiger partial charge in [-0.15, -0.1) is 6.42 Å². The van der Waals surface area contributed by atoms with Gasteiger partial charge in [0, 0.05) is 13.2 Å². The number of aliphatic hydroxyl groups is 1. The van der Waals surface area contributed by atoms with Gasteiger partial charge in [-0.05, 0) is 13.0 Å². The molecule has 0 aliphatic carbocycles. The van der Waals surface area contributed by atoms with Gasteiger partial charge in [-0.1, -0.05) is 12.8 Å². The number of likely N-dealkylation sites (N-methyl/N-ethyl adjacent to an activating group) is 1. The molecule has 0 atom stereocenters. The topological polar surface area (TPSA) is 52.6 Å². The molecule has 0 aromatic rings. The first-order valence-electron chi connectivity index (χ1n) is 4.78. The molecule has 14 heavy (non-hydrogen) atoms. The molecule has 0 aromatic carbocycles. The predicted molar refractivity (Wildman–Crippen MR) is 55.7 cm³/mol. The Morgan fingerprint density at radius 3 is 2.86 bits per heavy atom. The molecule has 2 N–H and O–H groups in total. The minimum Gasteiger partial charge on any atom is -0.396 e. The molecule has 0 radical (unpaired) electrons. The molecule has 4 nitrogen and oxygen atoms in total. The van der Waals surface area contributed by atoms with Crippen molar-refractivity contribution < 1.29 is 9.90 Å². The molecule has 0 spiro atoms. The van der Waals surface area contributed by atoms with Crippen LogP contribution in [0.1, 0.15) is 13.3 Å². The van der Waals surface area contributed by atoms with Gasteiger partial charge in [0.15, 0.2) is 0 Å². The number of nitrogens with one attached hydrogen (secondary N) is 1. The van der Waals surface area contributed by atoms with E-state index in [4.69, 9.17) is 11.5 Å². The highest BCUT2D eigenvalue weighted by Gasteiger charge is 2.06. The summed E-state index contributed by atoms with van der Waals surface area (Å²) in [7, 11) is 0. The van der Waals surface area contributed by atoms with Crippen molar-refractivity contribution in [2.75, 3.05) is 32.8 Å². The van der Waals surface area contributed by atoms with Gasteiger partial charge in [0.25, 0.3) is 0 Å². The molecule has 0 saturated heterocycles. The van der Waals surface area contributed by atoms with Crippen LogP contribution < -0.4 is 5.32 Å². The number of rotatable bonds is 7. The fourth-order valence-electron chi connectivity index (χ4n) is 1.05. The number of carbonyl (C=O) groups is 1. The first-order chi connectivity index (χ1) is 6.74. The zero-order valence-corrected chi connectivity index (χ0v) is 8.62. The Bertz CT molecular complexity index is 199. The number of aliphatic hydroxyl groups excluding tert-OH is 1. The van der Waals surface area contributed by atoms with E-state index in [-0.39, 0.29) is 19.1 Å². The smallest absolute Gasteiger partial charge is 0.234 e. The maximum absolute atomic E-state index is 11.2. The largest absolute Gasteiger partial charge is 0.396 e. The van der Waals surface area contributed by atoms with E-state index in [2.05, 4.69) is 11.2 Å². The van der Waals surface area contributed by atoms with E-state index in [1.54, 1.807) is 0 Å². The first kappa shape index (κ1) is 12.9. The quantitative estimate of drug-likeness (QED) is 0.539. The van der Waals surface area contributed by atoms with Crippen LogP contribution in [0.25, 0.3) is 0 Å². The summed E-state index contributed by atoms with van der Waals surface area (Å²) in [6, 6.07) is 0. The van der Waals surface area contributed by atoms with E-state index < -0.39 is 0 Å². The monoisotopic (exact) mass is 198 g/mol. The number of hydrogen-bond acceptors (Lipinski definition) is 3. The Balaban J connectivity index is 3.69. The van der Waals surface area contributed by atoms with Crippen LogP contribution in [0.15, 0.2) is 0 Å². The molecule has 0 rings (SSSR count). The van der Waals surface area contributed by atoms with Gasteiger partial charge in [-0.25, -0.2) is 0 Å². The number of amides is 1. The van der Waals surface area contributed by atoms with Crippen molar-refractivity contribution >= 4 is 5.91 Å². The lowest BCUT2D eigenvalue weighted by Gasteiger charge is -2.18. The molecule has 1 amide bonds. The molecular weight excluding hydrogens is 180 g/mol. The molecule has 0 saturated carbocycles. The SMILES string of the molecule is C#CCNC(=O)CN(CC)CCCO. The van der Waals surface area contributed by atoms with E-state index in [9.17, 15) is 4.79 Å². The molecule has 0 unspecified atom stereocenters. The molecule has 0 aliphatic heterocycles. The normalized spacial score (nSPS) is 9.86. The first-order valence-corrected chi connectivity index (χ1v) is 4.78. The standard InChI is InChI=1S/C10H18N2O2/c1-3-6-11-10(14)9-12(4-2)7-5-8-13/h1,13H,4-9H2,2H3,(H,11,14). The van der Waals surface area contributed by atoms with Crippen LogP contribution in [-0.2, 0) is 4.79 Å². The number of carbonyl (C=O) groups excluding carboxylic acids is 1. The molecule has 80 valence electrons. The Hall–Kier alpha value is -1.05. The van der Waals surface area contributed by atoms with Crippen LogP contribution in [0.3, 0.4) is 0 Å². The van der Waals surface area contributed by atoms with E-state index in [1.165, 1.54) is 0 Å². The molecule has 4 heteroatoms. The van der Waals surface area contributed by atoms with Crippen molar-refractivity contribution in [1.82, 2.24) is 10.2 Å². The van der Waals surface area contributed by atoms with Gasteiger partial charge in [-0.3, -0.25) is 9.69 Å².